The van der Waals surface area contributed by atoms with E-state index in [1.165, 1.54) is 0 Å². The number of ether oxygens (including phenoxy) is 1. The molecule has 1 aromatic heterocycles. The first-order valence-electron chi connectivity index (χ1n) is 4.18. The van der Waals surface area contributed by atoms with Gasteiger partial charge in [0.25, 0.3) is 0 Å². The van der Waals surface area contributed by atoms with Crippen molar-refractivity contribution in [1.29, 1.82) is 0 Å². The average Bonchev–Trinajstić information content (AvgIpc) is 2.16. The van der Waals surface area contributed by atoms with Crippen molar-refractivity contribution in [3.63, 3.8) is 0 Å². The lowest BCUT2D eigenvalue weighted by atomic mass is 10.4. The zero-order valence-corrected chi connectivity index (χ0v) is 8.61. The van der Waals surface area contributed by atoms with E-state index in [9.17, 15) is 0 Å². The summed E-state index contributed by atoms with van der Waals surface area (Å²) in [6.07, 6.45) is 1.60. The van der Waals surface area contributed by atoms with Gasteiger partial charge in [-0.2, -0.15) is 0 Å². The van der Waals surface area contributed by atoms with E-state index in [0.717, 1.165) is 0 Å². The summed E-state index contributed by atoms with van der Waals surface area (Å²) in [5.74, 6) is 7.03. The fraction of sp³-hybridized carbons (Fsp3) is 0.500. The molecule has 3 N–H and O–H groups in total. The van der Waals surface area contributed by atoms with E-state index in [4.69, 9.17) is 10.6 Å². The van der Waals surface area contributed by atoms with E-state index in [0.29, 0.717) is 23.9 Å². The van der Waals surface area contributed by atoms with E-state index in [1.54, 1.807) is 13.3 Å². The van der Waals surface area contributed by atoms with Crippen LogP contribution in [0.5, 0.6) is 5.75 Å². The maximum atomic E-state index is 5.29. The van der Waals surface area contributed by atoms with Gasteiger partial charge in [-0.3, -0.25) is 0 Å². The second-order valence-electron chi connectivity index (χ2n) is 3.09. The van der Waals surface area contributed by atoms with Crippen LogP contribution in [0.2, 0.25) is 0 Å². The second-order valence-corrected chi connectivity index (χ2v) is 3.09. The summed E-state index contributed by atoms with van der Waals surface area (Å²) in [5, 5.41) is 0. The third kappa shape index (κ3) is 2.54. The number of nitrogens with two attached hydrogens (primary N) is 1. The molecule has 0 spiro atoms. The van der Waals surface area contributed by atoms with Crippen molar-refractivity contribution in [2.45, 2.75) is 6.54 Å². The molecule has 0 aromatic carbocycles. The molecule has 0 unspecified atom stereocenters. The molecule has 1 rings (SSSR count). The highest BCUT2D eigenvalue weighted by Gasteiger charge is 2.06. The van der Waals surface area contributed by atoms with Crippen LogP contribution in [0, 0.1) is 0 Å². The summed E-state index contributed by atoms with van der Waals surface area (Å²) < 4.78 is 5.02. The number of hydrazine groups is 1. The van der Waals surface area contributed by atoms with Crippen molar-refractivity contribution in [3.05, 3.63) is 12.0 Å². The minimum absolute atomic E-state index is 0.499. The number of nitrogen functional groups attached to an aromatic ring is 1. The Labute approximate surface area is 83.1 Å². The van der Waals surface area contributed by atoms with Gasteiger partial charge in [0, 0.05) is 0 Å². The van der Waals surface area contributed by atoms with Gasteiger partial charge < -0.3 is 15.1 Å². The molecule has 0 aliphatic carbocycles. The quantitative estimate of drug-likeness (QED) is 0.515. The standard InChI is InChI=1S/C8H15N5O/c1-13(2)5-7-10-4-6(14-3)8(11-7)12-9/h4H,5,9H2,1-3H3,(H,10,11,12). The summed E-state index contributed by atoms with van der Waals surface area (Å²) in [7, 11) is 5.44. The number of hydrogen-bond donors (Lipinski definition) is 2. The van der Waals surface area contributed by atoms with Gasteiger partial charge in [0.05, 0.1) is 19.9 Å². The van der Waals surface area contributed by atoms with Crippen molar-refractivity contribution in [1.82, 2.24) is 14.9 Å². The molecule has 0 radical (unpaired) electrons. The fourth-order valence-electron chi connectivity index (χ4n) is 1.02. The second kappa shape index (κ2) is 4.73. The summed E-state index contributed by atoms with van der Waals surface area (Å²) in [6, 6.07) is 0. The zero-order valence-electron chi connectivity index (χ0n) is 8.61. The van der Waals surface area contributed by atoms with Crippen LogP contribution in [-0.2, 0) is 6.54 Å². The highest BCUT2D eigenvalue weighted by atomic mass is 16.5. The first-order valence-corrected chi connectivity index (χ1v) is 4.18. The molecule has 0 aliphatic rings. The normalized spacial score (nSPS) is 10.4. The molecule has 1 aromatic rings. The van der Waals surface area contributed by atoms with Crippen molar-refractivity contribution in [3.8, 4) is 5.75 Å². The van der Waals surface area contributed by atoms with Crippen LogP contribution in [0.15, 0.2) is 6.20 Å². The van der Waals surface area contributed by atoms with Crippen LogP contribution in [0.4, 0.5) is 5.82 Å². The lowest BCUT2D eigenvalue weighted by Gasteiger charge is -2.11. The van der Waals surface area contributed by atoms with Crippen molar-refractivity contribution in [2.75, 3.05) is 26.6 Å². The van der Waals surface area contributed by atoms with Gasteiger partial charge in [-0.15, -0.1) is 0 Å². The minimum atomic E-state index is 0.499. The highest BCUT2D eigenvalue weighted by molar-refractivity contribution is 5.47. The van der Waals surface area contributed by atoms with Crippen LogP contribution in [0.25, 0.3) is 0 Å². The molecule has 78 valence electrons. The Morgan fingerprint density at radius 1 is 1.57 bits per heavy atom. The van der Waals surface area contributed by atoms with E-state index in [-0.39, 0.29) is 0 Å². The third-order valence-corrected chi connectivity index (χ3v) is 1.62. The van der Waals surface area contributed by atoms with Crippen LogP contribution in [-0.4, -0.2) is 36.1 Å². The molecular formula is C8H15N5O. The summed E-state index contributed by atoms with van der Waals surface area (Å²) in [4.78, 5) is 10.3. The van der Waals surface area contributed by atoms with E-state index in [1.807, 2.05) is 19.0 Å². The summed E-state index contributed by atoms with van der Waals surface area (Å²) in [6.45, 7) is 0.665. The van der Waals surface area contributed by atoms with Gasteiger partial charge in [0.2, 0.25) is 0 Å². The molecule has 1 heterocycles. The molecule has 0 fully saturated rings. The molecule has 14 heavy (non-hydrogen) atoms. The Morgan fingerprint density at radius 3 is 2.79 bits per heavy atom. The largest absolute Gasteiger partial charge is 0.491 e. The third-order valence-electron chi connectivity index (χ3n) is 1.62. The van der Waals surface area contributed by atoms with Gasteiger partial charge in [0.15, 0.2) is 11.6 Å². The van der Waals surface area contributed by atoms with Crippen LogP contribution in [0.1, 0.15) is 5.82 Å². The molecule has 0 saturated carbocycles. The Kier molecular flexibility index (Phi) is 3.61. The Balaban J connectivity index is 2.89. The number of aromatic nitrogens is 2. The number of methoxy groups -OCH3 is 1. The Morgan fingerprint density at radius 2 is 2.29 bits per heavy atom. The highest BCUT2D eigenvalue weighted by Crippen LogP contribution is 2.18. The van der Waals surface area contributed by atoms with Crippen LogP contribution in [0.3, 0.4) is 0 Å². The SMILES string of the molecule is COc1cnc(CN(C)C)nc1NN. The molecule has 0 atom stereocenters. The number of rotatable bonds is 4. The van der Waals surface area contributed by atoms with Crippen molar-refractivity contribution < 1.29 is 4.74 Å². The number of hydrogen-bond acceptors (Lipinski definition) is 6. The van der Waals surface area contributed by atoms with Crippen LogP contribution >= 0.6 is 0 Å². The topological polar surface area (TPSA) is 76.3 Å². The van der Waals surface area contributed by atoms with E-state index < -0.39 is 0 Å². The zero-order chi connectivity index (χ0) is 10.6. The first-order chi connectivity index (χ1) is 6.67. The van der Waals surface area contributed by atoms with Gasteiger partial charge in [-0.1, -0.05) is 0 Å². The number of nitrogens with zero attached hydrogens (tertiary/aromatic N) is 3. The molecule has 6 nitrogen and oxygen atoms in total. The smallest absolute Gasteiger partial charge is 0.186 e. The predicted octanol–water partition coefficient (Wildman–Crippen LogP) is -0.168. The molecule has 0 saturated heterocycles. The van der Waals surface area contributed by atoms with Gasteiger partial charge in [-0.25, -0.2) is 15.8 Å². The lowest BCUT2D eigenvalue weighted by molar-refractivity contribution is 0.385. The van der Waals surface area contributed by atoms with Crippen molar-refractivity contribution >= 4 is 5.82 Å². The predicted molar refractivity (Wildman–Crippen MR) is 53.8 cm³/mol. The Hall–Kier alpha value is -1.40. The molecule has 0 amide bonds. The van der Waals surface area contributed by atoms with E-state index >= 15 is 0 Å². The summed E-state index contributed by atoms with van der Waals surface area (Å²) >= 11 is 0. The summed E-state index contributed by atoms with van der Waals surface area (Å²) in [5.41, 5.74) is 2.47. The van der Waals surface area contributed by atoms with E-state index in [2.05, 4.69) is 15.4 Å². The van der Waals surface area contributed by atoms with Gasteiger partial charge in [0.1, 0.15) is 5.82 Å². The molecular weight excluding hydrogens is 182 g/mol. The maximum absolute atomic E-state index is 5.29. The molecule has 0 bridgehead atoms. The van der Waals surface area contributed by atoms with Crippen LogP contribution < -0.4 is 16.0 Å². The number of nitrogens with one attached hydrogen (secondary N) is 1. The number of anilines is 1. The Bertz CT molecular complexity index is 302. The fourth-order valence-corrected chi connectivity index (χ4v) is 1.02. The van der Waals surface area contributed by atoms with Gasteiger partial charge >= 0.3 is 0 Å². The molecule has 0 aliphatic heterocycles. The maximum Gasteiger partial charge on any atom is 0.186 e. The molecule has 6 heteroatoms. The lowest BCUT2D eigenvalue weighted by Crippen LogP contribution is -2.16. The minimum Gasteiger partial charge on any atom is -0.491 e. The first kappa shape index (κ1) is 10.7. The van der Waals surface area contributed by atoms with Crippen molar-refractivity contribution in [2.24, 2.45) is 5.84 Å². The van der Waals surface area contributed by atoms with Gasteiger partial charge in [-0.05, 0) is 14.1 Å². The monoisotopic (exact) mass is 197 g/mol. The average molecular weight is 197 g/mol.